The van der Waals surface area contributed by atoms with Crippen LogP contribution in [0, 0.1) is 17.0 Å². The number of carbonyl (C=O) groups is 2. The molecule has 4 rings (SSSR count). The van der Waals surface area contributed by atoms with Gasteiger partial charge in [-0.2, -0.15) is 5.10 Å². The second-order valence-electron chi connectivity index (χ2n) is 7.48. The van der Waals surface area contributed by atoms with E-state index in [4.69, 9.17) is 16.0 Å². The van der Waals surface area contributed by atoms with E-state index in [0.29, 0.717) is 46.0 Å². The maximum absolute atomic E-state index is 12.8. The number of carbonyl (C=O) groups excluding carboxylic acids is 2. The van der Waals surface area contributed by atoms with E-state index in [-0.39, 0.29) is 17.1 Å². The summed E-state index contributed by atoms with van der Waals surface area (Å²) in [7, 11) is 0. The largest absolute Gasteiger partial charge is 0.455 e. The molecule has 1 aliphatic rings. The standard InChI is InChI=1S/C23H19ClN4O5/c1-13-20-18(26-27-22(29)14-5-2-6-15(24)11-14)9-4-10-19(20)33-21(13)23(30)25-16-7-3-8-17(12-16)28(31)32/h2-3,5-8,11-12H,4,9-10H2,1H3,(H,25,30)(H,27,29)/b26-18+. The fourth-order valence-electron chi connectivity index (χ4n) is 3.69. The molecule has 168 valence electrons. The zero-order valence-corrected chi connectivity index (χ0v) is 18.3. The van der Waals surface area contributed by atoms with Crippen molar-refractivity contribution in [2.45, 2.75) is 26.2 Å². The average Bonchev–Trinajstić information content (AvgIpc) is 3.15. The second kappa shape index (κ2) is 9.25. The highest BCUT2D eigenvalue weighted by Crippen LogP contribution is 2.30. The molecule has 0 radical (unpaired) electrons. The number of nitro groups is 1. The summed E-state index contributed by atoms with van der Waals surface area (Å²) in [4.78, 5) is 35.7. The van der Waals surface area contributed by atoms with E-state index in [0.717, 1.165) is 6.42 Å². The summed E-state index contributed by atoms with van der Waals surface area (Å²) in [5.74, 6) is -0.215. The van der Waals surface area contributed by atoms with E-state index in [1.807, 2.05) is 0 Å². The van der Waals surface area contributed by atoms with Gasteiger partial charge in [0, 0.05) is 46.0 Å². The predicted octanol–water partition coefficient (Wildman–Crippen LogP) is 4.87. The molecule has 33 heavy (non-hydrogen) atoms. The number of rotatable bonds is 5. The number of aryl methyl sites for hydroxylation is 1. The van der Waals surface area contributed by atoms with Gasteiger partial charge in [-0.15, -0.1) is 0 Å². The van der Waals surface area contributed by atoms with Gasteiger partial charge >= 0.3 is 0 Å². The molecule has 1 heterocycles. The van der Waals surface area contributed by atoms with Gasteiger partial charge in [0.25, 0.3) is 17.5 Å². The van der Waals surface area contributed by atoms with Gasteiger partial charge < -0.3 is 9.73 Å². The zero-order chi connectivity index (χ0) is 23.5. The summed E-state index contributed by atoms with van der Waals surface area (Å²) in [6.45, 7) is 1.74. The summed E-state index contributed by atoms with van der Waals surface area (Å²) < 4.78 is 5.83. The molecule has 1 aliphatic carbocycles. The molecule has 1 aromatic heterocycles. The molecule has 10 heteroatoms. The molecule has 0 spiro atoms. The van der Waals surface area contributed by atoms with Crippen LogP contribution in [-0.2, 0) is 6.42 Å². The molecular formula is C23H19ClN4O5. The number of amides is 2. The number of anilines is 1. The van der Waals surface area contributed by atoms with Crippen molar-refractivity contribution in [1.82, 2.24) is 5.43 Å². The van der Waals surface area contributed by atoms with Gasteiger partial charge in [0.1, 0.15) is 5.76 Å². The molecule has 0 saturated heterocycles. The molecule has 0 bridgehead atoms. The van der Waals surface area contributed by atoms with Crippen molar-refractivity contribution < 1.29 is 18.9 Å². The Morgan fingerprint density at radius 1 is 1.12 bits per heavy atom. The molecule has 0 unspecified atom stereocenters. The van der Waals surface area contributed by atoms with Crippen LogP contribution in [-0.4, -0.2) is 22.4 Å². The monoisotopic (exact) mass is 466 g/mol. The van der Waals surface area contributed by atoms with Crippen LogP contribution in [0.3, 0.4) is 0 Å². The van der Waals surface area contributed by atoms with Crippen molar-refractivity contribution in [3.63, 3.8) is 0 Å². The topological polar surface area (TPSA) is 127 Å². The third-order valence-electron chi connectivity index (χ3n) is 5.23. The second-order valence-corrected chi connectivity index (χ2v) is 7.92. The number of nitrogens with one attached hydrogen (secondary N) is 2. The SMILES string of the molecule is Cc1c(C(=O)Nc2cccc([N+](=O)[O-])c2)oc2c1/C(=N/NC(=O)c1cccc(Cl)c1)CCC2. The molecule has 2 N–H and O–H groups in total. The maximum Gasteiger partial charge on any atom is 0.291 e. The number of hydrogen-bond acceptors (Lipinski definition) is 6. The Bertz CT molecular complexity index is 1300. The molecule has 0 atom stereocenters. The van der Waals surface area contributed by atoms with Crippen LogP contribution in [0.4, 0.5) is 11.4 Å². The van der Waals surface area contributed by atoms with Gasteiger partial charge in [-0.3, -0.25) is 19.7 Å². The smallest absolute Gasteiger partial charge is 0.291 e. The Hall–Kier alpha value is -3.98. The van der Waals surface area contributed by atoms with E-state index in [9.17, 15) is 19.7 Å². The van der Waals surface area contributed by atoms with Crippen molar-refractivity contribution in [1.29, 1.82) is 0 Å². The zero-order valence-electron chi connectivity index (χ0n) is 17.6. The number of nitro benzene ring substituents is 1. The van der Waals surface area contributed by atoms with Gasteiger partial charge in [-0.05, 0) is 44.0 Å². The Kier molecular flexibility index (Phi) is 6.23. The number of furan rings is 1. The molecule has 9 nitrogen and oxygen atoms in total. The van der Waals surface area contributed by atoms with Crippen molar-refractivity contribution in [2.24, 2.45) is 5.10 Å². The first-order valence-corrected chi connectivity index (χ1v) is 10.5. The molecule has 0 fully saturated rings. The molecule has 2 aromatic carbocycles. The Morgan fingerprint density at radius 2 is 1.91 bits per heavy atom. The number of halogens is 1. The molecule has 3 aromatic rings. The maximum atomic E-state index is 12.8. The number of fused-ring (bicyclic) bond motifs is 1. The van der Waals surface area contributed by atoms with Crippen LogP contribution >= 0.6 is 11.6 Å². The summed E-state index contributed by atoms with van der Waals surface area (Å²) in [5.41, 5.74) is 4.96. The highest BCUT2D eigenvalue weighted by molar-refractivity contribution is 6.31. The van der Waals surface area contributed by atoms with E-state index in [2.05, 4.69) is 15.8 Å². The number of hydrogen-bond donors (Lipinski definition) is 2. The average molecular weight is 467 g/mol. The van der Waals surface area contributed by atoms with Crippen LogP contribution in [0.2, 0.25) is 5.02 Å². The highest BCUT2D eigenvalue weighted by atomic mass is 35.5. The quantitative estimate of drug-likeness (QED) is 0.409. The minimum atomic E-state index is -0.535. The Labute approximate surface area is 193 Å². The lowest BCUT2D eigenvalue weighted by Crippen LogP contribution is -2.22. The number of hydrazone groups is 1. The minimum absolute atomic E-state index is 0.0993. The summed E-state index contributed by atoms with van der Waals surface area (Å²) in [5, 5.41) is 18.3. The first-order valence-electron chi connectivity index (χ1n) is 10.1. The van der Waals surface area contributed by atoms with Gasteiger partial charge in [-0.1, -0.05) is 23.7 Å². The normalized spacial score (nSPS) is 13.9. The Morgan fingerprint density at radius 3 is 2.67 bits per heavy atom. The van der Waals surface area contributed by atoms with E-state index in [1.165, 1.54) is 18.2 Å². The summed E-state index contributed by atoms with van der Waals surface area (Å²) >= 11 is 5.94. The highest BCUT2D eigenvalue weighted by Gasteiger charge is 2.28. The third kappa shape index (κ3) is 4.78. The van der Waals surface area contributed by atoms with Gasteiger partial charge in [0.15, 0.2) is 5.76 Å². The van der Waals surface area contributed by atoms with Gasteiger partial charge in [-0.25, -0.2) is 5.43 Å². The van der Waals surface area contributed by atoms with E-state index >= 15 is 0 Å². The predicted molar refractivity (Wildman–Crippen MR) is 123 cm³/mol. The minimum Gasteiger partial charge on any atom is -0.455 e. The first-order chi connectivity index (χ1) is 15.8. The van der Waals surface area contributed by atoms with Crippen LogP contribution in [0.5, 0.6) is 0 Å². The number of nitrogens with zero attached hydrogens (tertiary/aromatic N) is 2. The summed E-state index contributed by atoms with van der Waals surface area (Å²) in [6, 6.07) is 12.2. The number of non-ortho nitro benzene ring substituents is 1. The van der Waals surface area contributed by atoms with Gasteiger partial charge in [0.05, 0.1) is 10.6 Å². The number of benzene rings is 2. The molecule has 0 saturated carbocycles. The van der Waals surface area contributed by atoms with Crippen molar-refractivity contribution in [2.75, 3.05) is 5.32 Å². The fourth-order valence-corrected chi connectivity index (χ4v) is 3.88. The van der Waals surface area contributed by atoms with Crippen molar-refractivity contribution >= 4 is 40.5 Å². The Balaban J connectivity index is 1.56. The van der Waals surface area contributed by atoms with Gasteiger partial charge in [0.2, 0.25) is 0 Å². The fraction of sp³-hybridized carbons (Fsp3) is 0.174. The van der Waals surface area contributed by atoms with Crippen molar-refractivity contribution in [3.05, 3.63) is 91.9 Å². The summed E-state index contributed by atoms with van der Waals surface area (Å²) in [6.07, 6.45) is 1.98. The lowest BCUT2D eigenvalue weighted by Gasteiger charge is -2.13. The van der Waals surface area contributed by atoms with Crippen LogP contribution in [0.1, 0.15) is 50.6 Å². The van der Waals surface area contributed by atoms with E-state index in [1.54, 1.807) is 37.3 Å². The first kappa shape index (κ1) is 22.2. The van der Waals surface area contributed by atoms with E-state index < -0.39 is 16.7 Å². The van der Waals surface area contributed by atoms with Crippen LogP contribution in [0.15, 0.2) is 58.0 Å². The van der Waals surface area contributed by atoms with Crippen molar-refractivity contribution in [3.8, 4) is 0 Å². The lowest BCUT2D eigenvalue weighted by molar-refractivity contribution is -0.384. The molecular weight excluding hydrogens is 448 g/mol. The lowest BCUT2D eigenvalue weighted by atomic mass is 9.93. The van der Waals surface area contributed by atoms with Crippen LogP contribution < -0.4 is 10.7 Å². The third-order valence-corrected chi connectivity index (χ3v) is 5.46. The molecule has 2 amide bonds. The van der Waals surface area contributed by atoms with Crippen LogP contribution in [0.25, 0.3) is 0 Å². The molecule has 0 aliphatic heterocycles.